The van der Waals surface area contributed by atoms with E-state index in [1.54, 1.807) is 4.90 Å². The Morgan fingerprint density at radius 2 is 2.15 bits per heavy atom. The van der Waals surface area contributed by atoms with Crippen molar-refractivity contribution < 1.29 is 4.79 Å². The highest BCUT2D eigenvalue weighted by Gasteiger charge is 2.19. The van der Waals surface area contributed by atoms with Gasteiger partial charge >= 0.3 is 6.03 Å². The Hall–Kier alpha value is -2.04. The Kier molecular flexibility index (Phi) is 3.97. The van der Waals surface area contributed by atoms with Gasteiger partial charge in [0.25, 0.3) is 0 Å². The van der Waals surface area contributed by atoms with E-state index in [1.165, 1.54) is 0 Å². The lowest BCUT2D eigenvalue weighted by Crippen LogP contribution is -2.48. The molecule has 0 spiro atoms. The van der Waals surface area contributed by atoms with Gasteiger partial charge in [-0.3, -0.25) is 0 Å². The van der Waals surface area contributed by atoms with Crippen LogP contribution in [-0.2, 0) is 6.54 Å². The third-order valence-corrected chi connectivity index (χ3v) is 3.00. The maximum absolute atomic E-state index is 12.2. The van der Waals surface area contributed by atoms with Crippen molar-refractivity contribution in [3.63, 3.8) is 0 Å². The van der Waals surface area contributed by atoms with Crippen LogP contribution in [0.25, 0.3) is 5.65 Å². The number of pyridine rings is 1. The lowest BCUT2D eigenvalue weighted by molar-refractivity contribution is 0.188. The number of nitrogens with one attached hydrogen (secondary N) is 1. The number of hydrogen-bond acceptors (Lipinski definition) is 2. The minimum atomic E-state index is -0.232. The second-order valence-electron chi connectivity index (χ2n) is 5.87. The summed E-state index contributed by atoms with van der Waals surface area (Å²) in [6.45, 7) is 9.12. The number of aromatic nitrogens is 2. The number of nitrogens with zero attached hydrogens (tertiary/aromatic N) is 3. The first-order valence-corrected chi connectivity index (χ1v) is 6.89. The number of carbonyl (C=O) groups excluding carboxylic acids is 1. The van der Waals surface area contributed by atoms with Crippen LogP contribution in [0.1, 0.15) is 33.4 Å². The van der Waals surface area contributed by atoms with Crippen LogP contribution in [-0.4, -0.2) is 32.4 Å². The van der Waals surface area contributed by atoms with Crippen molar-refractivity contribution in [2.45, 2.75) is 39.8 Å². The van der Waals surface area contributed by atoms with Gasteiger partial charge in [-0.25, -0.2) is 9.78 Å². The smallest absolute Gasteiger partial charge is 0.318 e. The lowest BCUT2D eigenvalue weighted by Gasteiger charge is -2.27. The van der Waals surface area contributed by atoms with Crippen LogP contribution in [0, 0.1) is 0 Å². The van der Waals surface area contributed by atoms with Crippen molar-refractivity contribution in [3.8, 4) is 0 Å². The number of amides is 2. The predicted octanol–water partition coefficient (Wildman–Crippen LogP) is 2.66. The van der Waals surface area contributed by atoms with Gasteiger partial charge in [0.05, 0.1) is 18.4 Å². The summed E-state index contributed by atoms with van der Waals surface area (Å²) in [5, 5.41) is 2.99. The first-order valence-electron chi connectivity index (χ1n) is 6.89. The molecular formula is C15H22N4O. The summed E-state index contributed by atoms with van der Waals surface area (Å²) >= 11 is 0. The number of carbonyl (C=O) groups is 1. The molecular weight excluding hydrogens is 252 g/mol. The van der Waals surface area contributed by atoms with E-state index in [1.807, 2.05) is 62.7 Å². The van der Waals surface area contributed by atoms with Crippen molar-refractivity contribution in [2.75, 3.05) is 6.54 Å². The summed E-state index contributed by atoms with van der Waals surface area (Å²) in [4.78, 5) is 18.4. The van der Waals surface area contributed by atoms with Crippen LogP contribution in [0.2, 0.25) is 0 Å². The first kappa shape index (κ1) is 14.4. The molecule has 0 aliphatic carbocycles. The highest BCUT2D eigenvalue weighted by Crippen LogP contribution is 2.10. The van der Waals surface area contributed by atoms with Gasteiger partial charge in [-0.15, -0.1) is 0 Å². The Morgan fingerprint density at radius 1 is 1.40 bits per heavy atom. The minimum absolute atomic E-state index is 0.0501. The van der Waals surface area contributed by atoms with Gasteiger partial charge in [-0.2, -0.15) is 0 Å². The molecule has 0 unspecified atom stereocenters. The van der Waals surface area contributed by atoms with Crippen molar-refractivity contribution in [2.24, 2.45) is 0 Å². The number of rotatable bonds is 3. The van der Waals surface area contributed by atoms with E-state index in [2.05, 4.69) is 10.3 Å². The van der Waals surface area contributed by atoms with Gasteiger partial charge in [0.15, 0.2) is 0 Å². The Bertz CT molecular complexity index is 597. The topological polar surface area (TPSA) is 49.6 Å². The molecule has 5 nitrogen and oxygen atoms in total. The number of fused-ring (bicyclic) bond motifs is 1. The molecule has 2 amide bonds. The zero-order valence-corrected chi connectivity index (χ0v) is 12.6. The van der Waals surface area contributed by atoms with Crippen LogP contribution in [0.4, 0.5) is 4.79 Å². The molecule has 0 saturated heterocycles. The molecule has 1 N–H and O–H groups in total. The zero-order valence-electron chi connectivity index (χ0n) is 12.6. The van der Waals surface area contributed by atoms with Crippen LogP contribution in [0.3, 0.4) is 0 Å². The molecule has 5 heteroatoms. The second-order valence-corrected chi connectivity index (χ2v) is 5.87. The van der Waals surface area contributed by atoms with Gasteiger partial charge in [0.1, 0.15) is 5.65 Å². The molecule has 0 saturated carbocycles. The third kappa shape index (κ3) is 3.29. The summed E-state index contributed by atoms with van der Waals surface area (Å²) in [6.07, 6.45) is 3.79. The molecule has 0 atom stereocenters. The maximum Gasteiger partial charge on any atom is 0.318 e. The summed E-state index contributed by atoms with van der Waals surface area (Å²) in [5.41, 5.74) is 1.67. The average Bonchev–Trinajstić information content (AvgIpc) is 2.77. The Morgan fingerprint density at radius 3 is 2.80 bits per heavy atom. The van der Waals surface area contributed by atoms with E-state index >= 15 is 0 Å². The summed E-state index contributed by atoms with van der Waals surface area (Å²) < 4.78 is 2.01. The van der Waals surface area contributed by atoms with Crippen molar-refractivity contribution >= 4 is 11.7 Å². The quantitative estimate of drug-likeness (QED) is 0.935. The monoisotopic (exact) mass is 274 g/mol. The molecule has 2 heterocycles. The third-order valence-electron chi connectivity index (χ3n) is 3.00. The van der Waals surface area contributed by atoms with E-state index in [0.717, 1.165) is 11.3 Å². The van der Waals surface area contributed by atoms with E-state index < -0.39 is 0 Å². The molecule has 0 bridgehead atoms. The molecule has 2 aromatic heterocycles. The van der Waals surface area contributed by atoms with E-state index in [-0.39, 0.29) is 11.6 Å². The van der Waals surface area contributed by atoms with Crippen molar-refractivity contribution in [1.82, 2.24) is 19.6 Å². The van der Waals surface area contributed by atoms with E-state index in [4.69, 9.17) is 0 Å². The van der Waals surface area contributed by atoms with Gasteiger partial charge in [0, 0.05) is 18.3 Å². The van der Waals surface area contributed by atoms with Crippen molar-refractivity contribution in [3.05, 3.63) is 36.3 Å². The standard InChI is InChI=1S/C15H22N4O/c1-5-18(14(20)17-15(2,3)4)11-12-10-16-13-8-6-7-9-19(12)13/h6-10H,5,11H2,1-4H3,(H,17,20). The minimum Gasteiger partial charge on any atom is -0.333 e. The summed E-state index contributed by atoms with van der Waals surface area (Å²) in [6, 6.07) is 5.82. The molecule has 0 aliphatic heterocycles. The fourth-order valence-corrected chi connectivity index (χ4v) is 2.02. The highest BCUT2D eigenvalue weighted by molar-refractivity contribution is 5.74. The molecule has 0 aromatic carbocycles. The SMILES string of the molecule is CCN(Cc1cnc2ccccn12)C(=O)NC(C)(C)C. The van der Waals surface area contributed by atoms with Gasteiger partial charge in [-0.05, 0) is 39.8 Å². The van der Waals surface area contributed by atoms with E-state index in [9.17, 15) is 4.79 Å². The normalized spacial score (nSPS) is 11.6. The zero-order chi connectivity index (χ0) is 14.8. The van der Waals surface area contributed by atoms with Gasteiger partial charge in [0.2, 0.25) is 0 Å². The highest BCUT2D eigenvalue weighted by atomic mass is 16.2. The molecule has 0 radical (unpaired) electrons. The molecule has 2 aromatic rings. The summed E-state index contributed by atoms with van der Waals surface area (Å²) in [5.74, 6) is 0. The number of imidazole rings is 1. The molecule has 108 valence electrons. The van der Waals surface area contributed by atoms with E-state index in [0.29, 0.717) is 13.1 Å². The van der Waals surface area contributed by atoms with Crippen LogP contribution in [0.5, 0.6) is 0 Å². The molecule has 20 heavy (non-hydrogen) atoms. The van der Waals surface area contributed by atoms with Crippen LogP contribution < -0.4 is 5.32 Å². The predicted molar refractivity (Wildman–Crippen MR) is 79.6 cm³/mol. The number of hydrogen-bond donors (Lipinski definition) is 1. The maximum atomic E-state index is 12.2. The average molecular weight is 274 g/mol. The molecule has 2 rings (SSSR count). The Balaban J connectivity index is 2.16. The molecule has 0 fully saturated rings. The lowest BCUT2D eigenvalue weighted by atomic mass is 10.1. The largest absolute Gasteiger partial charge is 0.333 e. The fourth-order valence-electron chi connectivity index (χ4n) is 2.02. The fraction of sp³-hybridized carbons (Fsp3) is 0.467. The van der Waals surface area contributed by atoms with Gasteiger partial charge in [-0.1, -0.05) is 6.07 Å². The van der Waals surface area contributed by atoms with Crippen LogP contribution >= 0.6 is 0 Å². The first-order chi connectivity index (χ1) is 9.40. The van der Waals surface area contributed by atoms with Crippen molar-refractivity contribution in [1.29, 1.82) is 0 Å². The Labute approximate surface area is 119 Å². The second kappa shape index (κ2) is 5.53. The van der Waals surface area contributed by atoms with Gasteiger partial charge < -0.3 is 14.6 Å². The molecule has 0 aliphatic rings. The number of urea groups is 1. The van der Waals surface area contributed by atoms with Crippen LogP contribution in [0.15, 0.2) is 30.6 Å². The summed E-state index contributed by atoms with van der Waals surface area (Å²) in [7, 11) is 0.